The molecule has 0 bridgehead atoms. The number of hydroxylamine groups is 1. The summed E-state index contributed by atoms with van der Waals surface area (Å²) < 4.78 is 7.26. The van der Waals surface area contributed by atoms with E-state index < -0.39 is 0 Å². The lowest BCUT2D eigenvalue weighted by atomic mass is 10.2. The highest BCUT2D eigenvalue weighted by atomic mass is 35.5. The van der Waals surface area contributed by atoms with E-state index in [9.17, 15) is 4.79 Å². The van der Waals surface area contributed by atoms with Crippen molar-refractivity contribution in [3.8, 4) is 0 Å². The molecule has 1 aliphatic heterocycles. The van der Waals surface area contributed by atoms with Gasteiger partial charge < -0.3 is 14.2 Å². The van der Waals surface area contributed by atoms with Gasteiger partial charge in [0.2, 0.25) is 0 Å². The van der Waals surface area contributed by atoms with Crippen LogP contribution in [0.25, 0.3) is 0 Å². The number of nitrogens with one attached hydrogen (secondary N) is 1. The van der Waals surface area contributed by atoms with E-state index in [1.54, 1.807) is 13.2 Å². The SMILES string of the molecule is CN(Cc1cc(Cl)cn1C)C(=O)NOC1CCCCO1. The average molecular weight is 302 g/mol. The molecule has 6 nitrogen and oxygen atoms in total. The molecule has 0 aliphatic carbocycles. The van der Waals surface area contributed by atoms with E-state index in [-0.39, 0.29) is 12.3 Å². The number of halogens is 1. The molecular weight excluding hydrogens is 282 g/mol. The lowest BCUT2D eigenvalue weighted by Crippen LogP contribution is -2.40. The molecule has 1 unspecified atom stereocenters. The monoisotopic (exact) mass is 301 g/mol. The molecule has 2 rings (SSSR count). The van der Waals surface area contributed by atoms with E-state index in [0.717, 1.165) is 25.0 Å². The summed E-state index contributed by atoms with van der Waals surface area (Å²) >= 11 is 5.91. The van der Waals surface area contributed by atoms with Crippen molar-refractivity contribution < 1.29 is 14.4 Å². The number of aromatic nitrogens is 1. The molecular formula is C13H20ClN3O3. The Balaban J connectivity index is 1.78. The van der Waals surface area contributed by atoms with E-state index >= 15 is 0 Å². The number of ether oxygens (including phenoxy) is 1. The van der Waals surface area contributed by atoms with Crippen LogP contribution in [-0.2, 0) is 23.2 Å². The standard InChI is InChI=1S/C13H20ClN3O3/c1-16-8-10(14)7-11(16)9-17(2)13(18)15-20-12-5-3-4-6-19-12/h7-8,12H,3-6,9H2,1-2H3,(H,15,18). The van der Waals surface area contributed by atoms with Crippen molar-refractivity contribution in [3.05, 3.63) is 23.0 Å². The van der Waals surface area contributed by atoms with E-state index in [4.69, 9.17) is 21.2 Å². The second kappa shape index (κ2) is 6.97. The van der Waals surface area contributed by atoms with Gasteiger partial charge in [-0.2, -0.15) is 0 Å². The molecule has 1 aliphatic rings. The number of carbonyl (C=O) groups excluding carboxylic acids is 1. The largest absolute Gasteiger partial charge is 0.351 e. The van der Waals surface area contributed by atoms with Gasteiger partial charge >= 0.3 is 6.03 Å². The number of carbonyl (C=O) groups is 1. The topological polar surface area (TPSA) is 55.7 Å². The van der Waals surface area contributed by atoms with Crippen molar-refractivity contribution in [1.82, 2.24) is 14.9 Å². The summed E-state index contributed by atoms with van der Waals surface area (Å²) in [5, 5.41) is 0.656. The molecule has 1 N–H and O–H groups in total. The molecule has 1 atom stereocenters. The van der Waals surface area contributed by atoms with Gasteiger partial charge in [-0.05, 0) is 18.9 Å². The predicted octanol–water partition coefficient (Wildman–Crippen LogP) is 2.28. The van der Waals surface area contributed by atoms with Crippen molar-refractivity contribution in [1.29, 1.82) is 0 Å². The Hall–Kier alpha value is -1.24. The number of hydrogen-bond donors (Lipinski definition) is 1. The Morgan fingerprint density at radius 2 is 2.45 bits per heavy atom. The van der Waals surface area contributed by atoms with Crippen LogP contribution in [0.3, 0.4) is 0 Å². The van der Waals surface area contributed by atoms with Gasteiger partial charge in [0, 0.05) is 39.0 Å². The van der Waals surface area contributed by atoms with Gasteiger partial charge in [-0.15, -0.1) is 0 Å². The van der Waals surface area contributed by atoms with Crippen molar-refractivity contribution in [3.63, 3.8) is 0 Å². The zero-order valence-electron chi connectivity index (χ0n) is 11.8. The van der Waals surface area contributed by atoms with Crippen molar-refractivity contribution >= 4 is 17.6 Å². The zero-order valence-corrected chi connectivity index (χ0v) is 12.5. The summed E-state index contributed by atoms with van der Waals surface area (Å²) in [6.45, 7) is 1.13. The van der Waals surface area contributed by atoms with Gasteiger partial charge in [0.15, 0.2) is 6.29 Å². The first-order valence-electron chi connectivity index (χ1n) is 6.65. The number of nitrogens with zero attached hydrogens (tertiary/aromatic N) is 2. The Labute approximate surface area is 123 Å². The Bertz CT molecular complexity index is 458. The average Bonchev–Trinajstić information content (AvgIpc) is 2.75. The molecule has 1 aromatic rings. The summed E-state index contributed by atoms with van der Waals surface area (Å²) in [7, 11) is 3.58. The molecule has 0 spiro atoms. The third-order valence-electron chi connectivity index (χ3n) is 3.24. The second-order valence-corrected chi connectivity index (χ2v) is 5.37. The molecule has 20 heavy (non-hydrogen) atoms. The maximum atomic E-state index is 11.9. The summed E-state index contributed by atoms with van der Waals surface area (Å²) in [5.74, 6) is 0. The maximum absolute atomic E-state index is 11.9. The first-order chi connectivity index (χ1) is 9.56. The summed E-state index contributed by atoms with van der Waals surface area (Å²) in [6.07, 6.45) is 4.36. The van der Waals surface area contributed by atoms with E-state index in [2.05, 4.69) is 5.48 Å². The molecule has 112 valence electrons. The van der Waals surface area contributed by atoms with Crippen LogP contribution >= 0.6 is 11.6 Å². The van der Waals surface area contributed by atoms with Gasteiger partial charge in [-0.25, -0.2) is 15.1 Å². The lowest BCUT2D eigenvalue weighted by molar-refractivity contribution is -0.187. The van der Waals surface area contributed by atoms with Gasteiger partial charge in [0.1, 0.15) is 0 Å². The fourth-order valence-corrected chi connectivity index (χ4v) is 2.31. The number of amides is 2. The van der Waals surface area contributed by atoms with Crippen LogP contribution in [-0.4, -0.2) is 35.4 Å². The molecule has 7 heteroatoms. The van der Waals surface area contributed by atoms with Gasteiger partial charge in [0.05, 0.1) is 11.6 Å². The van der Waals surface area contributed by atoms with Crippen LogP contribution in [0, 0.1) is 0 Å². The van der Waals surface area contributed by atoms with E-state index in [1.165, 1.54) is 4.90 Å². The van der Waals surface area contributed by atoms with Crippen molar-refractivity contribution in [2.24, 2.45) is 7.05 Å². The minimum Gasteiger partial charge on any atom is -0.351 e. The highest BCUT2D eigenvalue weighted by molar-refractivity contribution is 6.30. The molecule has 1 aromatic heterocycles. The fourth-order valence-electron chi connectivity index (χ4n) is 2.04. The van der Waals surface area contributed by atoms with Crippen LogP contribution in [0.15, 0.2) is 12.3 Å². The number of hydrogen-bond acceptors (Lipinski definition) is 3. The van der Waals surface area contributed by atoms with Crippen LogP contribution in [0.5, 0.6) is 0 Å². The smallest absolute Gasteiger partial charge is 0.341 e. The molecule has 0 radical (unpaired) electrons. The first-order valence-corrected chi connectivity index (χ1v) is 7.03. The fraction of sp³-hybridized carbons (Fsp3) is 0.615. The lowest BCUT2D eigenvalue weighted by Gasteiger charge is -2.24. The highest BCUT2D eigenvalue weighted by Gasteiger charge is 2.17. The van der Waals surface area contributed by atoms with Crippen molar-refractivity contribution in [2.75, 3.05) is 13.7 Å². The Morgan fingerprint density at radius 1 is 1.65 bits per heavy atom. The van der Waals surface area contributed by atoms with Crippen LogP contribution in [0.4, 0.5) is 4.79 Å². The third kappa shape index (κ3) is 4.13. The van der Waals surface area contributed by atoms with Crippen LogP contribution in [0.1, 0.15) is 25.0 Å². The van der Waals surface area contributed by atoms with Crippen molar-refractivity contribution in [2.45, 2.75) is 32.1 Å². The van der Waals surface area contributed by atoms with Gasteiger partial charge in [0.25, 0.3) is 0 Å². The van der Waals surface area contributed by atoms with E-state index in [0.29, 0.717) is 18.2 Å². The molecule has 2 amide bonds. The summed E-state index contributed by atoms with van der Waals surface area (Å²) in [6, 6.07) is 1.52. The number of aryl methyl sites for hydroxylation is 1. The molecule has 0 saturated carbocycles. The Morgan fingerprint density at radius 3 is 3.05 bits per heavy atom. The van der Waals surface area contributed by atoms with Crippen LogP contribution in [0.2, 0.25) is 5.02 Å². The predicted molar refractivity (Wildman–Crippen MR) is 75.1 cm³/mol. The Kier molecular flexibility index (Phi) is 5.28. The van der Waals surface area contributed by atoms with Gasteiger partial charge in [-0.3, -0.25) is 0 Å². The second-order valence-electron chi connectivity index (χ2n) is 4.94. The summed E-state index contributed by atoms with van der Waals surface area (Å²) in [4.78, 5) is 18.7. The quantitative estimate of drug-likeness (QED) is 0.868. The zero-order chi connectivity index (χ0) is 14.5. The molecule has 0 aromatic carbocycles. The normalized spacial score (nSPS) is 18.9. The van der Waals surface area contributed by atoms with Crippen LogP contribution < -0.4 is 5.48 Å². The molecule has 2 heterocycles. The summed E-state index contributed by atoms with van der Waals surface area (Å²) in [5.41, 5.74) is 3.36. The van der Waals surface area contributed by atoms with Gasteiger partial charge in [-0.1, -0.05) is 11.6 Å². The minimum absolute atomic E-state index is 0.309. The third-order valence-corrected chi connectivity index (χ3v) is 3.44. The first kappa shape index (κ1) is 15.2. The highest BCUT2D eigenvalue weighted by Crippen LogP contribution is 2.15. The minimum atomic E-state index is -0.342. The number of rotatable bonds is 4. The number of urea groups is 1. The molecule has 1 saturated heterocycles. The molecule has 1 fully saturated rings. The maximum Gasteiger partial charge on any atom is 0.341 e. The van der Waals surface area contributed by atoms with E-state index in [1.807, 2.05) is 17.7 Å².